The molecule has 0 spiro atoms. The van der Waals surface area contributed by atoms with E-state index in [1.54, 1.807) is 0 Å². The fourth-order valence-corrected chi connectivity index (χ4v) is 3.64. The van der Waals surface area contributed by atoms with Crippen molar-refractivity contribution in [3.63, 3.8) is 0 Å². The van der Waals surface area contributed by atoms with Gasteiger partial charge in [-0.2, -0.15) is 0 Å². The van der Waals surface area contributed by atoms with Crippen molar-refractivity contribution in [3.05, 3.63) is 71.5 Å². The standard InChI is InChI=1S/C19H15N3O2S/c1-12-3-2-4-16(21-12)24-14-7-5-13(6-8-14)15-11-22-9-10-25-19(22)17(15)18(20)23/h2-11H,1H3,(H2,20,23). The summed E-state index contributed by atoms with van der Waals surface area (Å²) in [6.45, 7) is 1.92. The Morgan fingerprint density at radius 3 is 2.72 bits per heavy atom. The summed E-state index contributed by atoms with van der Waals surface area (Å²) in [5, 5.41) is 1.93. The van der Waals surface area contributed by atoms with Crippen molar-refractivity contribution in [2.45, 2.75) is 6.92 Å². The van der Waals surface area contributed by atoms with Crippen molar-refractivity contribution in [2.75, 3.05) is 0 Å². The maximum Gasteiger partial charge on any atom is 0.252 e. The molecule has 1 amide bonds. The summed E-state index contributed by atoms with van der Waals surface area (Å²) in [4.78, 5) is 17.1. The van der Waals surface area contributed by atoms with Gasteiger partial charge in [0.2, 0.25) is 5.88 Å². The van der Waals surface area contributed by atoms with Crippen LogP contribution in [0.3, 0.4) is 0 Å². The van der Waals surface area contributed by atoms with Crippen molar-refractivity contribution in [3.8, 4) is 22.8 Å². The van der Waals surface area contributed by atoms with Gasteiger partial charge in [-0.25, -0.2) is 4.98 Å². The summed E-state index contributed by atoms with van der Waals surface area (Å²) < 4.78 is 7.68. The third-order valence-electron chi connectivity index (χ3n) is 3.88. The highest BCUT2D eigenvalue weighted by molar-refractivity contribution is 7.16. The molecule has 0 aliphatic rings. The number of rotatable bonds is 4. The highest BCUT2D eigenvalue weighted by Crippen LogP contribution is 2.32. The lowest BCUT2D eigenvalue weighted by atomic mass is 10.0. The third-order valence-corrected chi connectivity index (χ3v) is 4.78. The SMILES string of the molecule is Cc1cccc(Oc2ccc(-c3cn4ccsc4c3C(N)=O)cc2)n1. The first-order valence-corrected chi connectivity index (χ1v) is 8.60. The van der Waals surface area contributed by atoms with Gasteiger partial charge < -0.3 is 14.9 Å². The number of amides is 1. The Morgan fingerprint density at radius 2 is 2.00 bits per heavy atom. The van der Waals surface area contributed by atoms with Crippen molar-refractivity contribution in [2.24, 2.45) is 5.73 Å². The average molecular weight is 349 g/mol. The number of benzene rings is 1. The zero-order chi connectivity index (χ0) is 17.4. The van der Waals surface area contributed by atoms with Crippen LogP contribution in [0, 0.1) is 6.92 Å². The van der Waals surface area contributed by atoms with E-state index < -0.39 is 5.91 Å². The van der Waals surface area contributed by atoms with Crippen LogP contribution in [0.25, 0.3) is 16.0 Å². The molecule has 0 aliphatic heterocycles. The fraction of sp³-hybridized carbons (Fsp3) is 0.0526. The molecule has 25 heavy (non-hydrogen) atoms. The van der Waals surface area contributed by atoms with Gasteiger partial charge in [0.1, 0.15) is 10.6 Å². The lowest BCUT2D eigenvalue weighted by Gasteiger charge is -2.07. The number of aromatic nitrogens is 2. The van der Waals surface area contributed by atoms with Crippen LogP contribution in [0.15, 0.2) is 60.2 Å². The second-order valence-corrected chi connectivity index (χ2v) is 6.54. The summed E-state index contributed by atoms with van der Waals surface area (Å²) in [6.07, 6.45) is 3.83. The van der Waals surface area contributed by atoms with Crippen LogP contribution in [-0.4, -0.2) is 15.3 Å². The van der Waals surface area contributed by atoms with E-state index in [0.29, 0.717) is 17.2 Å². The first-order chi connectivity index (χ1) is 12.1. The Morgan fingerprint density at radius 1 is 1.20 bits per heavy atom. The molecule has 4 rings (SSSR count). The van der Waals surface area contributed by atoms with Crippen LogP contribution >= 0.6 is 11.3 Å². The fourth-order valence-electron chi connectivity index (χ4n) is 2.75. The number of thiazole rings is 1. The molecule has 3 aromatic heterocycles. The Kier molecular flexibility index (Phi) is 3.74. The Labute approximate surface area is 148 Å². The van der Waals surface area contributed by atoms with Crippen LogP contribution in [0.5, 0.6) is 11.6 Å². The molecule has 1 aromatic carbocycles. The highest BCUT2D eigenvalue weighted by atomic mass is 32.1. The highest BCUT2D eigenvalue weighted by Gasteiger charge is 2.17. The number of nitrogens with zero attached hydrogens (tertiary/aromatic N) is 2. The largest absolute Gasteiger partial charge is 0.439 e. The Hall–Kier alpha value is -3.12. The number of carbonyl (C=O) groups excluding carboxylic acids is 1. The third kappa shape index (κ3) is 2.88. The number of hydrogen-bond acceptors (Lipinski definition) is 4. The number of carbonyl (C=O) groups is 1. The van der Waals surface area contributed by atoms with Crippen molar-refractivity contribution in [1.29, 1.82) is 0 Å². The smallest absolute Gasteiger partial charge is 0.252 e. The molecule has 0 aliphatic carbocycles. The first kappa shape index (κ1) is 15.4. The normalized spacial score (nSPS) is 10.9. The molecule has 0 saturated heterocycles. The molecule has 0 radical (unpaired) electrons. The molecule has 124 valence electrons. The van der Waals surface area contributed by atoms with Crippen LogP contribution in [0.4, 0.5) is 0 Å². The summed E-state index contributed by atoms with van der Waals surface area (Å²) in [7, 11) is 0. The van der Waals surface area contributed by atoms with Crippen molar-refractivity contribution < 1.29 is 9.53 Å². The van der Waals surface area contributed by atoms with Gasteiger partial charge in [0.15, 0.2) is 0 Å². The second-order valence-electron chi connectivity index (χ2n) is 5.64. The minimum atomic E-state index is -0.427. The van der Waals surface area contributed by atoms with Crippen LogP contribution in [0.2, 0.25) is 0 Å². The predicted molar refractivity (Wildman–Crippen MR) is 98.3 cm³/mol. The van der Waals surface area contributed by atoms with E-state index >= 15 is 0 Å². The number of primary amides is 1. The molecule has 2 N–H and O–H groups in total. The lowest BCUT2D eigenvalue weighted by molar-refractivity contribution is 0.100. The summed E-state index contributed by atoms with van der Waals surface area (Å²) in [6, 6.07) is 13.2. The second kappa shape index (κ2) is 6.07. The van der Waals surface area contributed by atoms with E-state index in [1.165, 1.54) is 11.3 Å². The maximum atomic E-state index is 11.9. The quantitative estimate of drug-likeness (QED) is 0.598. The zero-order valence-electron chi connectivity index (χ0n) is 13.5. The zero-order valence-corrected chi connectivity index (χ0v) is 14.3. The Balaban J connectivity index is 1.67. The van der Waals surface area contributed by atoms with Crippen molar-refractivity contribution in [1.82, 2.24) is 9.38 Å². The van der Waals surface area contributed by atoms with Gasteiger partial charge in [-0.1, -0.05) is 18.2 Å². The van der Waals surface area contributed by atoms with Gasteiger partial charge in [-0.15, -0.1) is 11.3 Å². The van der Waals surface area contributed by atoms with E-state index in [-0.39, 0.29) is 0 Å². The van der Waals surface area contributed by atoms with Crippen LogP contribution < -0.4 is 10.5 Å². The molecule has 0 atom stereocenters. The minimum Gasteiger partial charge on any atom is -0.439 e. The summed E-state index contributed by atoms with van der Waals surface area (Å²) in [5.74, 6) is 0.808. The van der Waals surface area contributed by atoms with Crippen LogP contribution in [-0.2, 0) is 0 Å². The van der Waals surface area contributed by atoms with Gasteiger partial charge in [-0.3, -0.25) is 4.79 Å². The van der Waals surface area contributed by atoms with E-state index in [9.17, 15) is 4.79 Å². The first-order valence-electron chi connectivity index (χ1n) is 7.72. The number of hydrogen-bond donors (Lipinski definition) is 1. The van der Waals surface area contributed by atoms with Gasteiger partial charge in [0, 0.05) is 35.1 Å². The molecule has 0 fully saturated rings. The van der Waals surface area contributed by atoms with Gasteiger partial charge in [0.05, 0.1) is 5.56 Å². The molecule has 5 nitrogen and oxygen atoms in total. The average Bonchev–Trinajstić information content (AvgIpc) is 3.16. The van der Waals surface area contributed by atoms with Crippen molar-refractivity contribution >= 4 is 22.1 Å². The van der Waals surface area contributed by atoms with E-state index in [0.717, 1.165) is 21.7 Å². The topological polar surface area (TPSA) is 69.6 Å². The number of nitrogens with two attached hydrogens (primary N) is 1. The molecule has 0 saturated carbocycles. The molecular weight excluding hydrogens is 334 g/mol. The van der Waals surface area contributed by atoms with E-state index in [4.69, 9.17) is 10.5 Å². The molecular formula is C19H15N3O2S. The van der Waals surface area contributed by atoms with Gasteiger partial charge in [0.25, 0.3) is 5.91 Å². The number of pyridine rings is 1. The maximum absolute atomic E-state index is 11.9. The van der Waals surface area contributed by atoms with Crippen LogP contribution in [0.1, 0.15) is 16.1 Å². The molecule has 4 aromatic rings. The molecule has 0 unspecified atom stereocenters. The van der Waals surface area contributed by atoms with E-state index in [2.05, 4.69) is 4.98 Å². The monoisotopic (exact) mass is 349 g/mol. The number of ether oxygens (including phenoxy) is 1. The van der Waals surface area contributed by atoms with Gasteiger partial charge >= 0.3 is 0 Å². The van der Waals surface area contributed by atoms with E-state index in [1.807, 2.05) is 71.6 Å². The number of aryl methyl sites for hydroxylation is 1. The summed E-state index contributed by atoms with van der Waals surface area (Å²) >= 11 is 1.49. The summed E-state index contributed by atoms with van der Waals surface area (Å²) in [5.41, 5.74) is 8.76. The predicted octanol–water partition coefficient (Wildman–Crippen LogP) is 4.26. The lowest BCUT2D eigenvalue weighted by Crippen LogP contribution is -2.11. The Bertz CT molecular complexity index is 1060. The molecule has 3 heterocycles. The van der Waals surface area contributed by atoms with Gasteiger partial charge in [-0.05, 0) is 30.7 Å². The molecule has 0 bridgehead atoms. The minimum absolute atomic E-state index is 0.427. The molecule has 6 heteroatoms. The number of fused-ring (bicyclic) bond motifs is 1.